The maximum absolute atomic E-state index is 13.7. The summed E-state index contributed by atoms with van der Waals surface area (Å²) in [5.41, 5.74) is 1.92. The molecule has 0 aromatic heterocycles. The molecule has 0 aliphatic rings. The first-order chi connectivity index (χ1) is 10.0. The van der Waals surface area contributed by atoms with Crippen LogP contribution < -0.4 is 10.1 Å². The van der Waals surface area contributed by atoms with Crippen molar-refractivity contribution in [3.63, 3.8) is 0 Å². The van der Waals surface area contributed by atoms with Gasteiger partial charge in [-0.3, -0.25) is 0 Å². The SMILES string of the molecule is COc1ccc(C(C)NC(C)c2ccc(O)cc2)cc1F. The van der Waals surface area contributed by atoms with Gasteiger partial charge in [0.15, 0.2) is 11.6 Å². The van der Waals surface area contributed by atoms with E-state index in [0.29, 0.717) is 0 Å². The number of rotatable bonds is 5. The number of halogens is 1. The molecule has 0 spiro atoms. The van der Waals surface area contributed by atoms with Crippen molar-refractivity contribution in [1.29, 1.82) is 0 Å². The smallest absolute Gasteiger partial charge is 0.165 e. The molecule has 4 heteroatoms. The highest BCUT2D eigenvalue weighted by Gasteiger charge is 2.13. The minimum atomic E-state index is -0.360. The lowest BCUT2D eigenvalue weighted by Gasteiger charge is -2.21. The van der Waals surface area contributed by atoms with Gasteiger partial charge in [-0.1, -0.05) is 18.2 Å². The van der Waals surface area contributed by atoms with Crippen molar-refractivity contribution in [1.82, 2.24) is 5.32 Å². The molecule has 0 saturated carbocycles. The second-order valence-electron chi connectivity index (χ2n) is 5.10. The number of phenolic OH excluding ortho intramolecular Hbond substituents is 1. The first-order valence-electron chi connectivity index (χ1n) is 6.89. The summed E-state index contributed by atoms with van der Waals surface area (Å²) in [6.45, 7) is 4.01. The van der Waals surface area contributed by atoms with E-state index >= 15 is 0 Å². The molecule has 0 aliphatic carbocycles. The number of hydrogen-bond donors (Lipinski definition) is 2. The fraction of sp³-hybridized carbons (Fsp3) is 0.294. The van der Waals surface area contributed by atoms with Crippen molar-refractivity contribution in [2.75, 3.05) is 7.11 Å². The molecular weight excluding hydrogens is 269 g/mol. The van der Waals surface area contributed by atoms with Crippen LogP contribution in [0.4, 0.5) is 4.39 Å². The molecule has 2 atom stereocenters. The summed E-state index contributed by atoms with van der Waals surface area (Å²) in [5.74, 6) is 0.134. The molecule has 2 N–H and O–H groups in total. The van der Waals surface area contributed by atoms with E-state index in [1.165, 1.54) is 13.2 Å². The van der Waals surface area contributed by atoms with Gasteiger partial charge < -0.3 is 15.2 Å². The van der Waals surface area contributed by atoms with Crippen LogP contribution >= 0.6 is 0 Å². The summed E-state index contributed by atoms with van der Waals surface area (Å²) < 4.78 is 18.7. The molecule has 112 valence electrons. The molecule has 0 saturated heterocycles. The fourth-order valence-electron chi connectivity index (χ4n) is 2.28. The Morgan fingerprint density at radius 1 is 1.00 bits per heavy atom. The molecule has 21 heavy (non-hydrogen) atoms. The Bertz CT molecular complexity index is 598. The van der Waals surface area contributed by atoms with Crippen LogP contribution in [0.5, 0.6) is 11.5 Å². The number of methoxy groups -OCH3 is 1. The molecule has 0 aliphatic heterocycles. The third kappa shape index (κ3) is 3.73. The van der Waals surface area contributed by atoms with Gasteiger partial charge in [-0.15, -0.1) is 0 Å². The van der Waals surface area contributed by atoms with E-state index in [9.17, 15) is 9.50 Å². The first kappa shape index (κ1) is 15.3. The van der Waals surface area contributed by atoms with Gasteiger partial charge in [0.05, 0.1) is 7.11 Å². The molecule has 0 amide bonds. The molecule has 0 bridgehead atoms. The van der Waals surface area contributed by atoms with Gasteiger partial charge in [0, 0.05) is 12.1 Å². The zero-order valence-electron chi connectivity index (χ0n) is 12.4. The number of aromatic hydroxyl groups is 1. The average Bonchev–Trinajstić information content (AvgIpc) is 2.47. The molecule has 3 nitrogen and oxygen atoms in total. The van der Waals surface area contributed by atoms with Gasteiger partial charge >= 0.3 is 0 Å². The Morgan fingerprint density at radius 3 is 2.14 bits per heavy atom. The number of phenols is 1. The second-order valence-corrected chi connectivity index (χ2v) is 5.10. The van der Waals surface area contributed by atoms with E-state index < -0.39 is 0 Å². The number of hydrogen-bond acceptors (Lipinski definition) is 3. The lowest BCUT2D eigenvalue weighted by molar-refractivity contribution is 0.385. The maximum atomic E-state index is 13.7. The molecule has 2 aromatic carbocycles. The monoisotopic (exact) mass is 289 g/mol. The van der Waals surface area contributed by atoms with Crippen molar-refractivity contribution in [3.05, 3.63) is 59.4 Å². The molecule has 2 rings (SSSR count). The van der Waals surface area contributed by atoms with Crippen LogP contribution in [0.1, 0.15) is 37.1 Å². The van der Waals surface area contributed by atoms with Gasteiger partial charge in [0.1, 0.15) is 5.75 Å². The van der Waals surface area contributed by atoms with Crippen LogP contribution in [0.2, 0.25) is 0 Å². The first-order valence-corrected chi connectivity index (χ1v) is 6.89. The highest BCUT2D eigenvalue weighted by Crippen LogP contribution is 2.24. The predicted molar refractivity (Wildman–Crippen MR) is 81.0 cm³/mol. The number of benzene rings is 2. The van der Waals surface area contributed by atoms with E-state index in [1.807, 2.05) is 32.0 Å². The molecule has 0 fully saturated rings. The van der Waals surface area contributed by atoms with E-state index in [4.69, 9.17) is 4.74 Å². The molecular formula is C17H20FNO2. The van der Waals surface area contributed by atoms with E-state index in [2.05, 4.69) is 5.32 Å². The predicted octanol–water partition coefficient (Wildman–Crippen LogP) is 3.95. The van der Waals surface area contributed by atoms with Gasteiger partial charge in [0.25, 0.3) is 0 Å². The van der Waals surface area contributed by atoms with E-state index in [0.717, 1.165) is 11.1 Å². The quantitative estimate of drug-likeness (QED) is 0.875. The molecule has 0 heterocycles. The summed E-state index contributed by atoms with van der Waals surface area (Å²) >= 11 is 0. The van der Waals surface area contributed by atoms with Crippen molar-refractivity contribution >= 4 is 0 Å². The van der Waals surface area contributed by atoms with Gasteiger partial charge in [-0.2, -0.15) is 0 Å². The van der Waals surface area contributed by atoms with Gasteiger partial charge in [-0.05, 0) is 49.2 Å². The Balaban J connectivity index is 2.08. The number of ether oxygens (including phenoxy) is 1. The Hall–Kier alpha value is -2.07. The van der Waals surface area contributed by atoms with Crippen LogP contribution in [-0.2, 0) is 0 Å². The van der Waals surface area contributed by atoms with E-state index in [1.54, 1.807) is 18.2 Å². The van der Waals surface area contributed by atoms with Crippen molar-refractivity contribution in [3.8, 4) is 11.5 Å². The Kier molecular flexibility index (Phi) is 4.81. The lowest BCUT2D eigenvalue weighted by atomic mass is 10.0. The summed E-state index contributed by atoms with van der Waals surface area (Å²) in [6.07, 6.45) is 0. The van der Waals surface area contributed by atoms with Gasteiger partial charge in [-0.25, -0.2) is 4.39 Å². The van der Waals surface area contributed by atoms with Crippen molar-refractivity contribution < 1.29 is 14.2 Å². The molecule has 2 aromatic rings. The zero-order chi connectivity index (χ0) is 15.4. The molecule has 2 unspecified atom stereocenters. The third-order valence-corrected chi connectivity index (χ3v) is 3.57. The minimum absolute atomic E-state index is 0.00536. The largest absolute Gasteiger partial charge is 0.508 e. The Morgan fingerprint density at radius 2 is 1.57 bits per heavy atom. The lowest BCUT2D eigenvalue weighted by Crippen LogP contribution is -2.22. The van der Waals surface area contributed by atoms with E-state index in [-0.39, 0.29) is 29.4 Å². The topological polar surface area (TPSA) is 41.5 Å². The van der Waals surface area contributed by atoms with Crippen molar-refractivity contribution in [2.45, 2.75) is 25.9 Å². The summed E-state index contributed by atoms with van der Waals surface area (Å²) in [6, 6.07) is 12.1. The Labute approximate surface area is 124 Å². The normalized spacial score (nSPS) is 13.7. The third-order valence-electron chi connectivity index (χ3n) is 3.57. The fourth-order valence-corrected chi connectivity index (χ4v) is 2.28. The standard InChI is InChI=1S/C17H20FNO2/c1-11(13-4-7-15(20)8-5-13)19-12(2)14-6-9-17(21-3)16(18)10-14/h4-12,19-20H,1-3H3. The zero-order valence-corrected chi connectivity index (χ0v) is 12.4. The maximum Gasteiger partial charge on any atom is 0.165 e. The minimum Gasteiger partial charge on any atom is -0.508 e. The number of nitrogens with one attached hydrogen (secondary N) is 1. The van der Waals surface area contributed by atoms with Crippen LogP contribution in [0.15, 0.2) is 42.5 Å². The molecule has 0 radical (unpaired) electrons. The summed E-state index contributed by atoms with van der Waals surface area (Å²) in [7, 11) is 1.45. The van der Waals surface area contributed by atoms with Crippen molar-refractivity contribution in [2.24, 2.45) is 0 Å². The van der Waals surface area contributed by atoms with Crippen LogP contribution in [0.3, 0.4) is 0 Å². The van der Waals surface area contributed by atoms with Crippen LogP contribution in [0, 0.1) is 5.82 Å². The van der Waals surface area contributed by atoms with Gasteiger partial charge in [0.2, 0.25) is 0 Å². The summed E-state index contributed by atoms with van der Waals surface area (Å²) in [5, 5.41) is 12.7. The van der Waals surface area contributed by atoms with Crippen LogP contribution in [-0.4, -0.2) is 12.2 Å². The highest BCUT2D eigenvalue weighted by atomic mass is 19.1. The second kappa shape index (κ2) is 6.59. The highest BCUT2D eigenvalue weighted by molar-refractivity contribution is 5.31. The summed E-state index contributed by atoms with van der Waals surface area (Å²) in [4.78, 5) is 0. The van der Waals surface area contributed by atoms with Crippen LogP contribution in [0.25, 0.3) is 0 Å². The average molecular weight is 289 g/mol.